The van der Waals surface area contributed by atoms with Crippen molar-refractivity contribution in [2.24, 2.45) is 0 Å². The van der Waals surface area contributed by atoms with Crippen molar-refractivity contribution in [3.8, 4) is 5.75 Å². The first-order chi connectivity index (χ1) is 16.1. The Balaban J connectivity index is 1.31. The van der Waals surface area contributed by atoms with Crippen molar-refractivity contribution in [1.82, 2.24) is 4.98 Å². The molecule has 33 heavy (non-hydrogen) atoms. The molecular weight excluding hydrogens is 417 g/mol. The van der Waals surface area contributed by atoms with Crippen LogP contribution in [-0.4, -0.2) is 16.9 Å². The SMILES string of the molecule is CC1CCc2cc(NC(=O)c3ccc(F)c(OCc4cncc5ccccc45)c3)ccc2N1. The van der Waals surface area contributed by atoms with Crippen molar-refractivity contribution in [3.05, 3.63) is 95.6 Å². The molecule has 1 aliphatic rings. The van der Waals surface area contributed by atoms with Crippen LogP contribution in [0, 0.1) is 5.82 Å². The molecule has 166 valence electrons. The van der Waals surface area contributed by atoms with E-state index >= 15 is 0 Å². The van der Waals surface area contributed by atoms with Gasteiger partial charge in [0.25, 0.3) is 5.91 Å². The molecule has 0 bridgehead atoms. The number of hydrogen-bond acceptors (Lipinski definition) is 4. The normalized spacial score (nSPS) is 14.9. The average Bonchev–Trinajstić information content (AvgIpc) is 2.83. The van der Waals surface area contributed by atoms with Crippen LogP contribution in [0.4, 0.5) is 15.8 Å². The molecule has 5 nitrogen and oxygen atoms in total. The number of carbonyl (C=O) groups excluding carboxylic acids is 1. The molecule has 0 saturated heterocycles. The molecule has 2 heterocycles. The first-order valence-corrected chi connectivity index (χ1v) is 11.0. The Kier molecular flexibility index (Phi) is 5.65. The highest BCUT2D eigenvalue weighted by Crippen LogP contribution is 2.28. The second-order valence-corrected chi connectivity index (χ2v) is 8.36. The van der Waals surface area contributed by atoms with E-state index in [0.717, 1.165) is 34.9 Å². The van der Waals surface area contributed by atoms with Gasteiger partial charge in [-0.3, -0.25) is 9.78 Å². The van der Waals surface area contributed by atoms with E-state index in [2.05, 4.69) is 22.5 Å². The van der Waals surface area contributed by atoms with Gasteiger partial charge in [-0.15, -0.1) is 0 Å². The molecule has 2 N–H and O–H groups in total. The molecule has 1 unspecified atom stereocenters. The van der Waals surface area contributed by atoms with Gasteiger partial charge < -0.3 is 15.4 Å². The topological polar surface area (TPSA) is 63.2 Å². The van der Waals surface area contributed by atoms with E-state index in [1.165, 1.54) is 23.8 Å². The van der Waals surface area contributed by atoms with Gasteiger partial charge in [0.15, 0.2) is 11.6 Å². The Bertz CT molecular complexity index is 1330. The number of pyridine rings is 1. The lowest BCUT2D eigenvalue weighted by atomic mass is 9.98. The van der Waals surface area contributed by atoms with E-state index in [1.54, 1.807) is 12.4 Å². The largest absolute Gasteiger partial charge is 0.486 e. The van der Waals surface area contributed by atoms with E-state index in [4.69, 9.17) is 4.74 Å². The Morgan fingerprint density at radius 1 is 1.15 bits per heavy atom. The Morgan fingerprint density at radius 3 is 2.94 bits per heavy atom. The summed E-state index contributed by atoms with van der Waals surface area (Å²) in [5, 5.41) is 8.34. The molecule has 0 spiro atoms. The van der Waals surface area contributed by atoms with Crippen molar-refractivity contribution in [2.45, 2.75) is 32.4 Å². The lowest BCUT2D eigenvalue weighted by molar-refractivity contribution is 0.102. The molecule has 1 aromatic heterocycles. The highest BCUT2D eigenvalue weighted by Gasteiger charge is 2.16. The minimum absolute atomic E-state index is 0.0270. The molecule has 1 amide bonds. The van der Waals surface area contributed by atoms with Crippen LogP contribution in [0.3, 0.4) is 0 Å². The predicted molar refractivity (Wildman–Crippen MR) is 128 cm³/mol. The number of nitrogens with zero attached hydrogens (tertiary/aromatic N) is 1. The van der Waals surface area contributed by atoms with Crippen LogP contribution in [0.25, 0.3) is 10.8 Å². The maximum atomic E-state index is 14.4. The molecule has 6 heteroatoms. The first kappa shape index (κ1) is 20.9. The van der Waals surface area contributed by atoms with Crippen LogP contribution in [0.2, 0.25) is 0 Å². The van der Waals surface area contributed by atoms with Gasteiger partial charge in [0.05, 0.1) is 0 Å². The zero-order chi connectivity index (χ0) is 22.8. The number of aryl methyl sites for hydroxylation is 1. The second kappa shape index (κ2) is 8.90. The number of anilines is 2. The summed E-state index contributed by atoms with van der Waals surface area (Å²) < 4.78 is 20.2. The van der Waals surface area contributed by atoms with Gasteiger partial charge in [-0.05, 0) is 67.1 Å². The summed E-state index contributed by atoms with van der Waals surface area (Å²) in [5.74, 6) is -0.809. The van der Waals surface area contributed by atoms with E-state index in [1.807, 2.05) is 42.5 Å². The summed E-state index contributed by atoms with van der Waals surface area (Å²) in [7, 11) is 0. The third-order valence-corrected chi connectivity index (χ3v) is 5.94. The highest BCUT2D eigenvalue weighted by molar-refractivity contribution is 6.04. The summed E-state index contributed by atoms with van der Waals surface area (Å²) in [5.41, 5.74) is 4.17. The summed E-state index contributed by atoms with van der Waals surface area (Å²) in [6, 6.07) is 18.3. The van der Waals surface area contributed by atoms with Crippen LogP contribution < -0.4 is 15.4 Å². The lowest BCUT2D eigenvalue weighted by Crippen LogP contribution is -2.22. The Hall–Kier alpha value is -3.93. The van der Waals surface area contributed by atoms with Gasteiger partial charge in [-0.1, -0.05) is 24.3 Å². The molecule has 3 aromatic carbocycles. The van der Waals surface area contributed by atoms with Gasteiger partial charge in [-0.25, -0.2) is 4.39 Å². The number of ether oxygens (including phenoxy) is 1. The number of benzene rings is 3. The summed E-state index contributed by atoms with van der Waals surface area (Å²) in [6.07, 6.45) is 5.50. The maximum absolute atomic E-state index is 14.4. The zero-order valence-electron chi connectivity index (χ0n) is 18.3. The minimum Gasteiger partial charge on any atom is -0.486 e. The monoisotopic (exact) mass is 441 g/mol. The van der Waals surface area contributed by atoms with Crippen molar-refractivity contribution >= 4 is 28.1 Å². The van der Waals surface area contributed by atoms with Gasteiger partial charge in [0, 0.05) is 46.3 Å². The summed E-state index contributed by atoms with van der Waals surface area (Å²) >= 11 is 0. The number of fused-ring (bicyclic) bond motifs is 2. The van der Waals surface area contributed by atoms with Gasteiger partial charge in [0.1, 0.15) is 6.61 Å². The van der Waals surface area contributed by atoms with Crippen LogP contribution in [-0.2, 0) is 13.0 Å². The number of aromatic nitrogens is 1. The van der Waals surface area contributed by atoms with Gasteiger partial charge >= 0.3 is 0 Å². The quantitative estimate of drug-likeness (QED) is 0.402. The summed E-state index contributed by atoms with van der Waals surface area (Å²) in [6.45, 7) is 2.30. The third-order valence-electron chi connectivity index (χ3n) is 5.94. The number of hydrogen-bond donors (Lipinski definition) is 2. The number of carbonyl (C=O) groups is 1. The zero-order valence-corrected chi connectivity index (χ0v) is 18.3. The molecule has 0 saturated carbocycles. The second-order valence-electron chi connectivity index (χ2n) is 8.36. The Morgan fingerprint density at radius 2 is 2.03 bits per heavy atom. The average molecular weight is 442 g/mol. The first-order valence-electron chi connectivity index (χ1n) is 11.0. The van der Waals surface area contributed by atoms with E-state index < -0.39 is 5.82 Å². The van der Waals surface area contributed by atoms with Crippen molar-refractivity contribution < 1.29 is 13.9 Å². The fourth-order valence-corrected chi connectivity index (χ4v) is 4.14. The maximum Gasteiger partial charge on any atom is 0.255 e. The third kappa shape index (κ3) is 4.51. The number of halogens is 1. The standard InChI is InChI=1S/C27H24FN3O2/c1-17-6-7-18-12-22(9-11-25(18)30-17)31-27(32)19-8-10-24(28)26(13-19)33-16-21-15-29-14-20-4-2-3-5-23(20)21/h2-5,8-15,17,30H,6-7,16H2,1H3,(H,31,32). The van der Waals surface area contributed by atoms with Crippen molar-refractivity contribution in [1.29, 1.82) is 0 Å². The number of rotatable bonds is 5. The number of nitrogens with one attached hydrogen (secondary N) is 2. The molecule has 0 fully saturated rings. The Labute approximate surface area is 191 Å². The highest BCUT2D eigenvalue weighted by atomic mass is 19.1. The fraction of sp³-hybridized carbons (Fsp3) is 0.185. The van der Waals surface area contributed by atoms with Crippen LogP contribution >= 0.6 is 0 Å². The molecule has 0 aliphatic carbocycles. The van der Waals surface area contributed by atoms with Crippen LogP contribution in [0.5, 0.6) is 5.75 Å². The molecule has 5 rings (SSSR count). The molecule has 1 atom stereocenters. The molecular formula is C27H24FN3O2. The fourth-order valence-electron chi connectivity index (χ4n) is 4.14. The van der Waals surface area contributed by atoms with Crippen LogP contribution in [0.15, 0.2) is 73.1 Å². The molecule has 0 radical (unpaired) electrons. The van der Waals surface area contributed by atoms with Crippen LogP contribution in [0.1, 0.15) is 34.8 Å². The van der Waals surface area contributed by atoms with E-state index in [0.29, 0.717) is 17.3 Å². The lowest BCUT2D eigenvalue weighted by Gasteiger charge is -2.24. The molecule has 1 aliphatic heterocycles. The number of amides is 1. The van der Waals surface area contributed by atoms with E-state index in [9.17, 15) is 9.18 Å². The van der Waals surface area contributed by atoms with Crippen molar-refractivity contribution in [2.75, 3.05) is 10.6 Å². The summed E-state index contributed by atoms with van der Waals surface area (Å²) in [4.78, 5) is 17.1. The van der Waals surface area contributed by atoms with Gasteiger partial charge in [0.2, 0.25) is 0 Å². The molecule has 4 aromatic rings. The van der Waals surface area contributed by atoms with Gasteiger partial charge in [-0.2, -0.15) is 0 Å². The minimum atomic E-state index is -0.520. The smallest absolute Gasteiger partial charge is 0.255 e. The predicted octanol–water partition coefficient (Wildman–Crippen LogP) is 5.95. The van der Waals surface area contributed by atoms with E-state index in [-0.39, 0.29) is 18.3 Å². The van der Waals surface area contributed by atoms with Crippen molar-refractivity contribution in [3.63, 3.8) is 0 Å².